The zero-order valence-corrected chi connectivity index (χ0v) is 42.0. The quantitative estimate of drug-likeness (QED) is 0.108. The summed E-state index contributed by atoms with van der Waals surface area (Å²) in [5.41, 5.74) is 6.77. The van der Waals surface area contributed by atoms with E-state index in [-0.39, 0.29) is 24.0 Å². The summed E-state index contributed by atoms with van der Waals surface area (Å²) in [7, 11) is 11.1. The maximum atomic E-state index is 11.6. The van der Waals surface area contributed by atoms with Gasteiger partial charge in [-0.15, -0.1) is 0 Å². The van der Waals surface area contributed by atoms with Crippen LogP contribution in [0.15, 0.2) is 72.8 Å². The summed E-state index contributed by atoms with van der Waals surface area (Å²) in [5, 5.41) is 2.94. The smallest absolute Gasteiger partial charge is 0.328 e. The molecule has 0 saturated carbocycles. The van der Waals surface area contributed by atoms with Crippen LogP contribution in [0.3, 0.4) is 0 Å². The molecule has 0 spiro atoms. The maximum Gasteiger partial charge on any atom is 0.328 e. The second kappa shape index (κ2) is 47.1. The van der Waals surface area contributed by atoms with Crippen molar-refractivity contribution in [2.24, 2.45) is 0 Å². The number of hydrogen-bond donors (Lipinski definition) is 1. The number of esters is 3. The fourth-order valence-corrected chi connectivity index (χ4v) is 4.49. The molecule has 0 fully saturated rings. The van der Waals surface area contributed by atoms with E-state index >= 15 is 0 Å². The number of carbonyl (C=O) groups is 4. The Hall–Kier alpha value is -4.54. The van der Waals surface area contributed by atoms with E-state index in [1.807, 2.05) is 171 Å². The number of nitrogens with one attached hydrogen (secondary N) is 1. The van der Waals surface area contributed by atoms with Gasteiger partial charge < -0.3 is 24.4 Å². The lowest BCUT2D eigenvalue weighted by atomic mass is 10.0. The van der Waals surface area contributed by atoms with Gasteiger partial charge in [-0.2, -0.15) is 0 Å². The van der Waals surface area contributed by atoms with Crippen molar-refractivity contribution >= 4 is 24.3 Å². The Morgan fingerprint density at radius 1 is 0.533 bits per heavy atom. The first-order valence-corrected chi connectivity index (χ1v) is 21.6. The second-order valence-corrected chi connectivity index (χ2v) is 11.7. The number of likely N-dealkylation sites (N-methyl/N-ethyl adjacent to an activating group) is 3. The van der Waals surface area contributed by atoms with Gasteiger partial charge in [0.1, 0.15) is 19.5 Å². The molecule has 3 atom stereocenters. The molecule has 0 saturated heterocycles. The first kappa shape index (κ1) is 64.6. The molecule has 0 aliphatic carbocycles. The fraction of sp³-hybridized carbons (Fsp3) is 0.560. The van der Waals surface area contributed by atoms with Crippen LogP contribution in [0.2, 0.25) is 0 Å². The number of hydrogen-bond acceptors (Lipinski definition) is 9. The Morgan fingerprint density at radius 3 is 1.05 bits per heavy atom. The SMILES string of the molecule is CC.CC.CC.CC.CC.CC.CN[C@@H](Cc1ccc(C)cc1)C(=O)OC.COC(=O)[C@H](Cc1ccc(C)cc1)N(C)C.[2H]C(=O)N(C)[C@@H](Cc1ccc(C)cc1)C(=O)OC. The van der Waals surface area contributed by atoms with Gasteiger partial charge in [-0.3, -0.25) is 19.3 Å². The normalized spacial score (nSPS) is 10.6. The third-order valence-electron chi connectivity index (χ3n) is 7.68. The lowest BCUT2D eigenvalue weighted by Crippen LogP contribution is -2.40. The first-order chi connectivity index (χ1) is 29.2. The third kappa shape index (κ3) is 32.3. The van der Waals surface area contributed by atoms with Crippen molar-refractivity contribution < 1.29 is 34.8 Å². The summed E-state index contributed by atoms with van der Waals surface area (Å²) in [5.74, 6) is -0.928. The van der Waals surface area contributed by atoms with E-state index in [9.17, 15) is 19.2 Å². The molecule has 1 N–H and O–H groups in total. The molecular formula is C50H89N3O7. The molecule has 346 valence electrons. The van der Waals surface area contributed by atoms with Crippen molar-refractivity contribution in [1.82, 2.24) is 15.1 Å². The fourth-order valence-electron chi connectivity index (χ4n) is 4.49. The van der Waals surface area contributed by atoms with Crippen LogP contribution in [0.25, 0.3) is 0 Å². The lowest BCUT2D eigenvalue weighted by Gasteiger charge is -2.22. The monoisotopic (exact) mass is 845 g/mol. The maximum absolute atomic E-state index is 11.6. The van der Waals surface area contributed by atoms with E-state index in [2.05, 4.69) is 34.3 Å². The van der Waals surface area contributed by atoms with Crippen LogP contribution in [0.5, 0.6) is 0 Å². The van der Waals surface area contributed by atoms with Crippen LogP contribution < -0.4 is 5.32 Å². The van der Waals surface area contributed by atoms with Crippen LogP contribution in [-0.2, 0) is 52.7 Å². The van der Waals surface area contributed by atoms with Gasteiger partial charge >= 0.3 is 17.9 Å². The summed E-state index contributed by atoms with van der Waals surface area (Å²) in [6.07, 6.45) is 0.773. The van der Waals surface area contributed by atoms with Crippen molar-refractivity contribution in [3.8, 4) is 0 Å². The molecule has 0 radical (unpaired) electrons. The van der Waals surface area contributed by atoms with E-state index in [1.165, 1.54) is 39.5 Å². The zero-order chi connectivity index (χ0) is 49.1. The molecule has 0 aliphatic rings. The predicted octanol–water partition coefficient (Wildman–Crippen LogP) is 10.3. The van der Waals surface area contributed by atoms with Gasteiger partial charge in [-0.25, -0.2) is 4.79 Å². The molecule has 0 heterocycles. The minimum absolute atomic E-state index is 0.189. The van der Waals surface area contributed by atoms with Crippen molar-refractivity contribution in [3.05, 3.63) is 106 Å². The van der Waals surface area contributed by atoms with Crippen LogP contribution in [-0.4, -0.2) is 102 Å². The van der Waals surface area contributed by atoms with E-state index < -0.39 is 18.4 Å². The first-order valence-electron chi connectivity index (χ1n) is 22.1. The molecule has 0 aromatic heterocycles. The van der Waals surface area contributed by atoms with Gasteiger partial charge in [0.15, 0.2) is 0 Å². The standard InChI is InChI=1S/C13H17NO3.C13H19NO2.C12H17NO2.6C2H6/c1-10-4-6-11(7-5-10)8-12(13(16)17-3)14(2)9-15;1-10-5-7-11(8-6-10)9-12(14(2)3)13(15)16-4;1-9-4-6-10(7-5-9)8-11(13-2)12(14)15-3;6*1-2/h4-7,9,12H,8H2,1-3H3;5-8,12H,9H2,1-4H3;4-7,11,13H,8H2,1-3H3;6*1-2H3/t2*12-;11-;;;;;;/m000....../s1/i9D;;;;;;;;. The van der Waals surface area contributed by atoms with Gasteiger partial charge in [-0.05, 0) is 71.4 Å². The number of aryl methyl sites for hydroxylation is 3. The summed E-state index contributed by atoms with van der Waals surface area (Å²) >= 11 is 0. The van der Waals surface area contributed by atoms with Crippen LogP contribution >= 0.6 is 0 Å². The number of amides is 1. The minimum Gasteiger partial charge on any atom is -0.468 e. The highest BCUT2D eigenvalue weighted by molar-refractivity contribution is 5.78. The number of ether oxygens (including phenoxy) is 3. The Morgan fingerprint density at radius 2 is 0.800 bits per heavy atom. The van der Waals surface area contributed by atoms with Gasteiger partial charge in [0, 0.05) is 13.5 Å². The molecule has 0 bridgehead atoms. The molecule has 0 unspecified atom stereocenters. The molecule has 10 heteroatoms. The van der Waals surface area contributed by atoms with Crippen molar-refractivity contribution in [3.63, 3.8) is 0 Å². The highest BCUT2D eigenvalue weighted by Crippen LogP contribution is 2.11. The number of nitrogens with zero attached hydrogens (tertiary/aromatic N) is 2. The van der Waals surface area contributed by atoms with Crippen molar-refractivity contribution in [2.45, 2.75) is 141 Å². The van der Waals surface area contributed by atoms with E-state index in [0.717, 1.165) is 27.2 Å². The highest BCUT2D eigenvalue weighted by Gasteiger charge is 2.24. The van der Waals surface area contributed by atoms with Gasteiger partial charge in [0.05, 0.1) is 21.3 Å². The summed E-state index contributed by atoms with van der Waals surface area (Å²) in [6, 6.07) is 22.8. The van der Waals surface area contributed by atoms with E-state index in [0.29, 0.717) is 19.3 Å². The van der Waals surface area contributed by atoms with E-state index in [4.69, 9.17) is 10.8 Å². The second-order valence-electron chi connectivity index (χ2n) is 11.7. The minimum atomic E-state index is -0.905. The Balaban J connectivity index is -0.000000165. The van der Waals surface area contributed by atoms with Crippen LogP contribution in [0.1, 0.15) is 118 Å². The van der Waals surface area contributed by atoms with Crippen LogP contribution in [0.4, 0.5) is 0 Å². The summed E-state index contributed by atoms with van der Waals surface area (Å²) in [6.45, 7) is 30.1. The molecule has 3 aromatic rings. The molecule has 10 nitrogen and oxygen atoms in total. The van der Waals surface area contributed by atoms with Gasteiger partial charge in [0.2, 0.25) is 6.39 Å². The van der Waals surface area contributed by atoms with Crippen LogP contribution in [0, 0.1) is 20.8 Å². The molecule has 0 aliphatic heterocycles. The third-order valence-corrected chi connectivity index (χ3v) is 7.68. The highest BCUT2D eigenvalue weighted by atomic mass is 16.5. The van der Waals surface area contributed by atoms with Crippen molar-refractivity contribution in [1.29, 1.82) is 0 Å². The summed E-state index contributed by atoms with van der Waals surface area (Å²) < 4.78 is 21.2. The average molecular weight is 845 g/mol. The van der Waals surface area contributed by atoms with Gasteiger partial charge in [0.25, 0.3) is 0 Å². The summed E-state index contributed by atoms with van der Waals surface area (Å²) in [4.78, 5) is 48.5. The number of benzene rings is 3. The Bertz CT molecular complexity index is 1450. The van der Waals surface area contributed by atoms with Gasteiger partial charge in [-0.1, -0.05) is 173 Å². The average Bonchev–Trinajstić information content (AvgIpc) is 3.31. The molecular weight excluding hydrogens is 755 g/mol. The molecule has 3 rings (SSSR count). The molecule has 60 heavy (non-hydrogen) atoms. The lowest BCUT2D eigenvalue weighted by molar-refractivity contribution is -0.148. The number of methoxy groups -OCH3 is 3. The Labute approximate surface area is 370 Å². The molecule has 1 amide bonds. The topological polar surface area (TPSA) is 114 Å². The predicted molar refractivity (Wildman–Crippen MR) is 257 cm³/mol. The zero-order valence-electron chi connectivity index (χ0n) is 43.0. The van der Waals surface area contributed by atoms with E-state index in [1.54, 1.807) is 7.05 Å². The number of rotatable bonds is 12. The number of carbonyl (C=O) groups excluding carboxylic acids is 4. The van der Waals surface area contributed by atoms with Crippen molar-refractivity contribution in [2.75, 3.05) is 49.5 Å². The largest absolute Gasteiger partial charge is 0.468 e. The molecule has 3 aromatic carbocycles. The Kier molecular flexibility index (Phi) is 50.8.